The molecule has 0 aromatic heterocycles. The van der Waals surface area contributed by atoms with E-state index in [9.17, 15) is 0 Å². The van der Waals surface area contributed by atoms with Gasteiger partial charge in [0.2, 0.25) is 0 Å². The van der Waals surface area contributed by atoms with E-state index in [1.54, 1.807) is 0 Å². The number of unbranched alkanes of at least 4 members (excludes halogenated alkanes) is 2. The summed E-state index contributed by atoms with van der Waals surface area (Å²) in [5.41, 5.74) is 0. The molecule has 0 amide bonds. The molecule has 92 valence electrons. The largest absolute Gasteiger partial charge is 0.0654 e. The molecule has 0 radical (unpaired) electrons. The van der Waals surface area contributed by atoms with E-state index in [0.717, 1.165) is 11.8 Å². The fraction of sp³-hybridized carbons (Fsp3) is 1.00. The van der Waals surface area contributed by atoms with Gasteiger partial charge in [-0.25, -0.2) is 0 Å². The summed E-state index contributed by atoms with van der Waals surface area (Å²) >= 11 is 0. The van der Waals surface area contributed by atoms with Gasteiger partial charge in [-0.3, -0.25) is 0 Å². The van der Waals surface area contributed by atoms with E-state index in [-0.39, 0.29) is 0 Å². The van der Waals surface area contributed by atoms with Crippen LogP contribution < -0.4 is 0 Å². The Morgan fingerprint density at radius 3 is 1.33 bits per heavy atom. The lowest BCUT2D eigenvalue weighted by Crippen LogP contribution is -2.08. The van der Waals surface area contributed by atoms with Gasteiger partial charge in [0, 0.05) is 0 Å². The summed E-state index contributed by atoms with van der Waals surface area (Å²) < 4.78 is 0. The van der Waals surface area contributed by atoms with Crippen LogP contribution in [0, 0.1) is 11.8 Å². The molecule has 0 heteroatoms. The number of hydrogen-bond acceptors (Lipinski definition) is 0. The van der Waals surface area contributed by atoms with E-state index in [0.29, 0.717) is 0 Å². The molecule has 0 rings (SSSR count). The predicted molar refractivity (Wildman–Crippen MR) is 71.2 cm³/mol. The van der Waals surface area contributed by atoms with Crippen molar-refractivity contribution in [2.75, 3.05) is 0 Å². The van der Waals surface area contributed by atoms with Crippen molar-refractivity contribution in [1.82, 2.24) is 0 Å². The van der Waals surface area contributed by atoms with Crippen LogP contribution in [0.1, 0.15) is 85.5 Å². The first kappa shape index (κ1) is 15.0. The average molecular weight is 212 g/mol. The summed E-state index contributed by atoms with van der Waals surface area (Å²) in [5, 5.41) is 0. The van der Waals surface area contributed by atoms with Crippen LogP contribution in [0.3, 0.4) is 0 Å². The maximum Gasteiger partial charge on any atom is -0.0414 e. The second kappa shape index (κ2) is 10.5. The molecule has 2 unspecified atom stereocenters. The normalized spacial score (nSPS) is 15.2. The fourth-order valence-corrected chi connectivity index (χ4v) is 2.43. The summed E-state index contributed by atoms with van der Waals surface area (Å²) in [6, 6.07) is 0. The van der Waals surface area contributed by atoms with Crippen molar-refractivity contribution in [1.29, 1.82) is 0 Å². The van der Waals surface area contributed by atoms with Crippen molar-refractivity contribution >= 4 is 0 Å². The monoisotopic (exact) mass is 212 g/mol. The predicted octanol–water partition coefficient (Wildman–Crippen LogP) is 5.81. The summed E-state index contributed by atoms with van der Waals surface area (Å²) in [6.45, 7) is 9.35. The van der Waals surface area contributed by atoms with Crippen LogP contribution in [0.25, 0.3) is 0 Å². The molecule has 0 nitrogen and oxygen atoms in total. The Kier molecular flexibility index (Phi) is 10.5. The minimum absolute atomic E-state index is 1.01. The molecule has 0 saturated carbocycles. The second-order valence-corrected chi connectivity index (χ2v) is 5.07. The first-order valence-electron chi connectivity index (χ1n) is 7.28. The van der Waals surface area contributed by atoms with Gasteiger partial charge in [-0.2, -0.15) is 0 Å². The summed E-state index contributed by atoms with van der Waals surface area (Å²) in [4.78, 5) is 0. The molecule has 0 bridgehead atoms. The Labute approximate surface area is 97.8 Å². The van der Waals surface area contributed by atoms with E-state index >= 15 is 0 Å². The van der Waals surface area contributed by atoms with Crippen LogP contribution in [-0.4, -0.2) is 0 Å². The zero-order chi connectivity index (χ0) is 11.5. The highest BCUT2D eigenvalue weighted by Gasteiger charge is 2.12. The van der Waals surface area contributed by atoms with Gasteiger partial charge >= 0.3 is 0 Å². The summed E-state index contributed by atoms with van der Waals surface area (Å²) in [5.74, 6) is 2.01. The van der Waals surface area contributed by atoms with Gasteiger partial charge in [-0.15, -0.1) is 0 Å². The highest BCUT2D eigenvalue weighted by molar-refractivity contribution is 4.65. The Hall–Kier alpha value is 0. The Balaban J connectivity index is 3.77. The maximum absolute atomic E-state index is 2.37. The quantitative estimate of drug-likeness (QED) is 0.429. The molecule has 2 atom stereocenters. The summed E-state index contributed by atoms with van der Waals surface area (Å²) in [6.07, 6.45) is 12.8. The molecule has 0 N–H and O–H groups in total. The van der Waals surface area contributed by atoms with Gasteiger partial charge in [0.05, 0.1) is 0 Å². The van der Waals surface area contributed by atoms with Crippen molar-refractivity contribution in [2.24, 2.45) is 11.8 Å². The van der Waals surface area contributed by atoms with E-state index in [2.05, 4.69) is 27.7 Å². The minimum Gasteiger partial charge on any atom is -0.0654 e. The minimum atomic E-state index is 1.01. The lowest BCUT2D eigenvalue weighted by Gasteiger charge is -2.21. The van der Waals surface area contributed by atoms with E-state index in [1.807, 2.05) is 0 Å². The van der Waals surface area contributed by atoms with Gasteiger partial charge < -0.3 is 0 Å². The Morgan fingerprint density at radius 2 is 1.07 bits per heavy atom. The van der Waals surface area contributed by atoms with Crippen LogP contribution in [0.2, 0.25) is 0 Å². The molecule has 0 heterocycles. The Morgan fingerprint density at radius 1 is 0.667 bits per heavy atom. The topological polar surface area (TPSA) is 0 Å². The third-order valence-electron chi connectivity index (χ3n) is 3.75. The smallest absolute Gasteiger partial charge is 0.0414 e. The van der Waals surface area contributed by atoms with Crippen LogP contribution in [0.15, 0.2) is 0 Å². The molecular formula is C15H32. The maximum atomic E-state index is 2.37. The van der Waals surface area contributed by atoms with E-state index in [1.165, 1.54) is 57.8 Å². The highest BCUT2D eigenvalue weighted by Crippen LogP contribution is 2.26. The summed E-state index contributed by atoms with van der Waals surface area (Å²) in [7, 11) is 0. The molecule has 0 spiro atoms. The van der Waals surface area contributed by atoms with Crippen molar-refractivity contribution < 1.29 is 0 Å². The van der Waals surface area contributed by atoms with Gasteiger partial charge in [0.25, 0.3) is 0 Å². The third kappa shape index (κ3) is 7.88. The standard InChI is InChI=1S/C15H32/c1-5-9-11-14(7-3)13-15(8-4)12-10-6-2/h14-15H,5-13H2,1-4H3. The van der Waals surface area contributed by atoms with Gasteiger partial charge in [-0.05, 0) is 18.3 Å². The van der Waals surface area contributed by atoms with E-state index in [4.69, 9.17) is 0 Å². The average Bonchev–Trinajstić information content (AvgIpc) is 2.28. The molecule has 0 aliphatic rings. The first-order chi connectivity index (χ1) is 7.28. The molecule has 0 aliphatic carbocycles. The molecular weight excluding hydrogens is 180 g/mol. The van der Waals surface area contributed by atoms with Crippen LogP contribution in [0.4, 0.5) is 0 Å². The number of rotatable bonds is 10. The number of hydrogen-bond donors (Lipinski definition) is 0. The first-order valence-corrected chi connectivity index (χ1v) is 7.28. The van der Waals surface area contributed by atoms with Gasteiger partial charge in [0.15, 0.2) is 0 Å². The lowest BCUT2D eigenvalue weighted by atomic mass is 9.85. The molecule has 0 aromatic rings. The van der Waals surface area contributed by atoms with Gasteiger partial charge in [-0.1, -0.05) is 79.1 Å². The van der Waals surface area contributed by atoms with Crippen LogP contribution in [0.5, 0.6) is 0 Å². The molecule has 0 saturated heterocycles. The van der Waals surface area contributed by atoms with Crippen molar-refractivity contribution in [3.05, 3.63) is 0 Å². The highest BCUT2D eigenvalue weighted by atomic mass is 14.2. The zero-order valence-electron chi connectivity index (χ0n) is 11.5. The lowest BCUT2D eigenvalue weighted by molar-refractivity contribution is 0.311. The second-order valence-electron chi connectivity index (χ2n) is 5.07. The van der Waals surface area contributed by atoms with Crippen molar-refractivity contribution in [2.45, 2.75) is 85.5 Å². The SMILES string of the molecule is CCCCC(CC)CC(CC)CCCC. The van der Waals surface area contributed by atoms with Crippen molar-refractivity contribution in [3.8, 4) is 0 Å². The van der Waals surface area contributed by atoms with Crippen molar-refractivity contribution in [3.63, 3.8) is 0 Å². The van der Waals surface area contributed by atoms with Gasteiger partial charge in [0.1, 0.15) is 0 Å². The molecule has 0 aliphatic heterocycles. The fourth-order valence-electron chi connectivity index (χ4n) is 2.43. The van der Waals surface area contributed by atoms with Crippen LogP contribution >= 0.6 is 0 Å². The molecule has 0 aromatic carbocycles. The van der Waals surface area contributed by atoms with E-state index < -0.39 is 0 Å². The molecule has 0 fully saturated rings. The zero-order valence-corrected chi connectivity index (χ0v) is 11.5. The Bertz CT molecular complexity index is 103. The van der Waals surface area contributed by atoms with Crippen LogP contribution in [-0.2, 0) is 0 Å². The molecule has 15 heavy (non-hydrogen) atoms. The third-order valence-corrected chi connectivity index (χ3v) is 3.75.